The van der Waals surface area contributed by atoms with Crippen molar-refractivity contribution in [2.24, 2.45) is 11.8 Å². The second kappa shape index (κ2) is 12.5. The Morgan fingerprint density at radius 2 is 1.98 bits per heavy atom. The summed E-state index contributed by atoms with van der Waals surface area (Å²) in [6, 6.07) is 4.53. The second-order valence-corrected chi connectivity index (χ2v) is 11.5. The Morgan fingerprint density at radius 3 is 2.62 bits per heavy atom. The molecule has 5 atom stereocenters. The summed E-state index contributed by atoms with van der Waals surface area (Å²) in [5.74, 6) is -2.64. The maximum absolute atomic E-state index is 14.7. The van der Waals surface area contributed by atoms with Crippen LogP contribution in [-0.4, -0.2) is 71.3 Å². The molecule has 3 heterocycles. The average Bonchev–Trinajstić information content (AvgIpc) is 3.54. The van der Waals surface area contributed by atoms with Crippen molar-refractivity contribution in [2.75, 3.05) is 31.2 Å². The van der Waals surface area contributed by atoms with Crippen molar-refractivity contribution in [2.45, 2.75) is 76.0 Å². The standard InChI is InChI=1S/C31H41ClN2O6/c1-5-17-33(25-21(4)13-12-14-22(25)32)28(37)26-31-16-15-30(7-3,40-31)24(29(38)39-20-6-2)23(31)27(36)34(26)18-10-8-9-11-19-35/h5-6,12-14,23-24,26,35H,1-2,7-11,15-20H2,3-4H3/t23-,24+,26?,30-,31?/m0/s1. The number of aliphatic hydroxyl groups excluding tert-OH is 1. The summed E-state index contributed by atoms with van der Waals surface area (Å²) in [6.45, 7) is 12.0. The number of hydrogen-bond acceptors (Lipinski definition) is 6. The van der Waals surface area contributed by atoms with E-state index in [9.17, 15) is 14.4 Å². The average molecular weight is 573 g/mol. The lowest BCUT2D eigenvalue weighted by Gasteiger charge is -2.37. The van der Waals surface area contributed by atoms with Crippen LogP contribution in [0.1, 0.15) is 57.4 Å². The number of halogens is 1. The summed E-state index contributed by atoms with van der Waals surface area (Å²) >= 11 is 6.62. The van der Waals surface area contributed by atoms with Crippen LogP contribution in [0.3, 0.4) is 0 Å². The van der Waals surface area contributed by atoms with Gasteiger partial charge < -0.3 is 24.4 Å². The molecular weight excluding hydrogens is 532 g/mol. The van der Waals surface area contributed by atoms with Gasteiger partial charge in [0.1, 0.15) is 24.2 Å². The van der Waals surface area contributed by atoms with E-state index in [1.54, 1.807) is 21.9 Å². The molecule has 3 aliphatic heterocycles. The molecule has 40 heavy (non-hydrogen) atoms. The van der Waals surface area contributed by atoms with Crippen LogP contribution in [0.25, 0.3) is 0 Å². The Kier molecular flexibility index (Phi) is 9.43. The van der Waals surface area contributed by atoms with Gasteiger partial charge in [0.15, 0.2) is 0 Å². The Morgan fingerprint density at radius 1 is 1.23 bits per heavy atom. The minimum Gasteiger partial charge on any atom is -0.461 e. The lowest BCUT2D eigenvalue weighted by Crippen LogP contribution is -2.56. The molecule has 0 aliphatic carbocycles. The number of likely N-dealkylation sites (tertiary alicyclic amines) is 1. The fourth-order valence-electron chi connectivity index (χ4n) is 7.11. The van der Waals surface area contributed by atoms with Crippen LogP contribution in [0.15, 0.2) is 43.5 Å². The first-order chi connectivity index (χ1) is 19.2. The molecule has 0 saturated carbocycles. The Hall–Kier alpha value is -2.68. The molecule has 2 unspecified atom stereocenters. The summed E-state index contributed by atoms with van der Waals surface area (Å²) in [4.78, 5) is 45.6. The van der Waals surface area contributed by atoms with Crippen molar-refractivity contribution in [1.29, 1.82) is 0 Å². The minimum atomic E-state index is -1.15. The summed E-state index contributed by atoms with van der Waals surface area (Å²) in [7, 11) is 0. The molecule has 2 amide bonds. The summed E-state index contributed by atoms with van der Waals surface area (Å²) in [5.41, 5.74) is -0.622. The number of fused-ring (bicyclic) bond motifs is 1. The first kappa shape index (κ1) is 30.3. The number of hydrogen-bond donors (Lipinski definition) is 1. The number of rotatable bonds is 14. The number of nitrogens with zero attached hydrogens (tertiary/aromatic N) is 2. The molecule has 1 aromatic rings. The van der Waals surface area contributed by atoms with Crippen molar-refractivity contribution in [1.82, 2.24) is 4.90 Å². The number of ether oxygens (including phenoxy) is 2. The highest BCUT2D eigenvalue weighted by atomic mass is 35.5. The van der Waals surface area contributed by atoms with Crippen molar-refractivity contribution in [3.05, 3.63) is 54.1 Å². The van der Waals surface area contributed by atoms with Gasteiger partial charge in [-0.1, -0.05) is 62.2 Å². The highest BCUT2D eigenvalue weighted by Crippen LogP contribution is 2.64. The molecule has 3 saturated heterocycles. The molecule has 8 nitrogen and oxygen atoms in total. The Labute approximate surface area is 241 Å². The number of aryl methyl sites for hydroxylation is 1. The van der Waals surface area contributed by atoms with Crippen LogP contribution < -0.4 is 4.90 Å². The third-order valence-electron chi connectivity index (χ3n) is 8.86. The van der Waals surface area contributed by atoms with Gasteiger partial charge in [0.25, 0.3) is 5.91 Å². The quantitative estimate of drug-likeness (QED) is 0.199. The van der Waals surface area contributed by atoms with Gasteiger partial charge in [-0.15, -0.1) is 6.58 Å². The van der Waals surface area contributed by atoms with Crippen LogP contribution in [0.5, 0.6) is 0 Å². The van der Waals surface area contributed by atoms with Crippen LogP contribution in [-0.2, 0) is 23.9 Å². The molecule has 4 rings (SSSR count). The van der Waals surface area contributed by atoms with Crippen LogP contribution in [0.2, 0.25) is 5.02 Å². The molecule has 2 bridgehead atoms. The first-order valence-corrected chi connectivity index (χ1v) is 14.7. The molecule has 0 aromatic heterocycles. The molecule has 0 radical (unpaired) electrons. The largest absolute Gasteiger partial charge is 0.461 e. The van der Waals surface area contributed by atoms with Crippen molar-refractivity contribution >= 4 is 35.1 Å². The van der Waals surface area contributed by atoms with E-state index in [-0.39, 0.29) is 31.6 Å². The lowest BCUT2D eigenvalue weighted by atomic mass is 9.65. The molecular formula is C31H41ClN2O6. The smallest absolute Gasteiger partial charge is 0.313 e. The summed E-state index contributed by atoms with van der Waals surface area (Å²) in [5, 5.41) is 9.60. The Bertz CT molecular complexity index is 1140. The van der Waals surface area contributed by atoms with E-state index in [1.807, 2.05) is 26.0 Å². The number of amides is 2. The van der Waals surface area contributed by atoms with Gasteiger partial charge in [0, 0.05) is 19.7 Å². The molecule has 9 heteroatoms. The third kappa shape index (κ3) is 4.99. The van der Waals surface area contributed by atoms with Gasteiger partial charge in [-0.05, 0) is 50.7 Å². The van der Waals surface area contributed by atoms with Crippen LogP contribution >= 0.6 is 11.6 Å². The number of carbonyl (C=O) groups excluding carboxylic acids is 3. The normalized spacial score (nSPS) is 28.4. The zero-order valence-corrected chi connectivity index (χ0v) is 24.3. The van der Waals surface area contributed by atoms with Gasteiger partial charge >= 0.3 is 5.97 Å². The molecule has 1 spiro atoms. The van der Waals surface area contributed by atoms with E-state index in [0.717, 1.165) is 18.4 Å². The van der Waals surface area contributed by atoms with E-state index >= 15 is 0 Å². The predicted molar refractivity (Wildman–Crippen MR) is 154 cm³/mol. The Balaban J connectivity index is 1.78. The fourth-order valence-corrected chi connectivity index (χ4v) is 7.43. The van der Waals surface area contributed by atoms with Gasteiger partial charge in [-0.25, -0.2) is 0 Å². The van der Waals surface area contributed by atoms with Gasteiger partial charge in [-0.2, -0.15) is 0 Å². The molecule has 218 valence electrons. The summed E-state index contributed by atoms with van der Waals surface area (Å²) in [6.07, 6.45) is 7.67. The maximum atomic E-state index is 14.7. The van der Waals surface area contributed by atoms with Gasteiger partial charge in [0.05, 0.1) is 22.2 Å². The highest BCUT2D eigenvalue weighted by molar-refractivity contribution is 6.34. The number of anilines is 1. The van der Waals surface area contributed by atoms with E-state index in [4.69, 9.17) is 26.2 Å². The zero-order chi connectivity index (χ0) is 29.1. The second-order valence-electron chi connectivity index (χ2n) is 11.1. The number of aliphatic hydroxyl groups is 1. The predicted octanol–water partition coefficient (Wildman–Crippen LogP) is 4.60. The first-order valence-electron chi connectivity index (χ1n) is 14.3. The van der Waals surface area contributed by atoms with E-state index in [0.29, 0.717) is 49.4 Å². The lowest BCUT2D eigenvalue weighted by molar-refractivity contribution is -0.159. The summed E-state index contributed by atoms with van der Waals surface area (Å²) < 4.78 is 12.3. The number of esters is 1. The van der Waals surface area contributed by atoms with Crippen LogP contribution in [0, 0.1) is 18.8 Å². The SMILES string of the molecule is C=CCOC(=O)[C@H]1[C@H]2C(=O)N(CCCCCCO)C(C(=O)N(CC=C)c3c(C)cccc3Cl)C23CC[C@]1(CC)O3. The molecule has 3 aliphatic rings. The maximum Gasteiger partial charge on any atom is 0.313 e. The van der Waals surface area contributed by atoms with Crippen molar-refractivity contribution in [3.63, 3.8) is 0 Å². The topological polar surface area (TPSA) is 96.4 Å². The third-order valence-corrected chi connectivity index (χ3v) is 9.16. The number of carbonyl (C=O) groups is 3. The molecule has 3 fully saturated rings. The van der Waals surface area contributed by atoms with Crippen LogP contribution in [0.4, 0.5) is 5.69 Å². The molecule has 1 N–H and O–H groups in total. The number of benzene rings is 1. The minimum absolute atomic E-state index is 0.0405. The molecule has 1 aromatic carbocycles. The monoisotopic (exact) mass is 572 g/mol. The van der Waals surface area contributed by atoms with Crippen molar-refractivity contribution in [3.8, 4) is 0 Å². The number of para-hydroxylation sites is 1. The van der Waals surface area contributed by atoms with E-state index < -0.39 is 35.0 Å². The van der Waals surface area contributed by atoms with E-state index in [2.05, 4.69) is 13.2 Å². The van der Waals surface area contributed by atoms with E-state index in [1.165, 1.54) is 6.08 Å². The fraction of sp³-hybridized carbons (Fsp3) is 0.581. The van der Waals surface area contributed by atoms with Crippen molar-refractivity contribution < 1.29 is 29.0 Å². The van der Waals surface area contributed by atoms with Gasteiger partial charge in [-0.3, -0.25) is 14.4 Å². The zero-order valence-electron chi connectivity index (χ0n) is 23.6. The highest BCUT2D eigenvalue weighted by Gasteiger charge is 2.79. The van der Waals surface area contributed by atoms with Gasteiger partial charge in [0.2, 0.25) is 5.91 Å². The number of unbranched alkanes of at least 4 members (excludes halogenated alkanes) is 3.